The molecule has 0 unspecified atom stereocenters. The van der Waals surface area contributed by atoms with Crippen molar-refractivity contribution in [2.45, 2.75) is 32.7 Å². The van der Waals surface area contributed by atoms with Crippen molar-refractivity contribution in [3.05, 3.63) is 18.5 Å². The van der Waals surface area contributed by atoms with Crippen LogP contribution in [0.2, 0.25) is 0 Å². The molecule has 0 spiro atoms. The van der Waals surface area contributed by atoms with E-state index in [4.69, 9.17) is 0 Å². The summed E-state index contributed by atoms with van der Waals surface area (Å²) in [6, 6.07) is 1.68. The van der Waals surface area contributed by atoms with Gasteiger partial charge in [0, 0.05) is 30.9 Å². The molecular weight excluding hydrogens is 244 g/mol. The van der Waals surface area contributed by atoms with Gasteiger partial charge in [-0.05, 0) is 26.8 Å². The van der Waals surface area contributed by atoms with E-state index in [1.165, 1.54) is 0 Å². The predicted molar refractivity (Wildman–Crippen MR) is 70.2 cm³/mol. The lowest BCUT2D eigenvalue weighted by Gasteiger charge is -2.31. The first-order chi connectivity index (χ1) is 8.88. The van der Waals surface area contributed by atoms with Crippen LogP contribution in [0.1, 0.15) is 27.2 Å². The van der Waals surface area contributed by atoms with Crippen molar-refractivity contribution in [1.29, 1.82) is 0 Å². The molecule has 1 aliphatic heterocycles. The number of rotatable bonds is 2. The molecule has 102 valence electrons. The number of anilines is 1. The van der Waals surface area contributed by atoms with E-state index in [0.717, 1.165) is 0 Å². The quantitative estimate of drug-likeness (QED) is 0.864. The topological polar surface area (TPSA) is 75.2 Å². The Morgan fingerprint density at radius 1 is 1.37 bits per heavy atom. The van der Waals surface area contributed by atoms with Gasteiger partial charge < -0.3 is 4.90 Å². The van der Waals surface area contributed by atoms with Crippen molar-refractivity contribution in [2.24, 2.45) is 5.92 Å². The summed E-state index contributed by atoms with van der Waals surface area (Å²) in [6.45, 7) is 6.34. The second kappa shape index (κ2) is 4.95. The SMILES string of the molecule is CC(C)(C)N1C[C@H](C(=O)Nc2ncccn2)CC1=O. The van der Waals surface area contributed by atoms with Crippen LogP contribution in [-0.4, -0.2) is 38.8 Å². The molecule has 2 amide bonds. The van der Waals surface area contributed by atoms with Gasteiger partial charge in [0.15, 0.2) is 0 Å². The molecule has 0 bridgehead atoms. The summed E-state index contributed by atoms with van der Waals surface area (Å²) in [4.78, 5) is 33.6. The molecule has 6 nitrogen and oxygen atoms in total. The average molecular weight is 262 g/mol. The molecule has 19 heavy (non-hydrogen) atoms. The zero-order valence-corrected chi connectivity index (χ0v) is 11.4. The summed E-state index contributed by atoms with van der Waals surface area (Å²) in [7, 11) is 0. The van der Waals surface area contributed by atoms with E-state index in [9.17, 15) is 9.59 Å². The fraction of sp³-hybridized carbons (Fsp3) is 0.538. The molecular formula is C13H18N4O2. The highest BCUT2D eigenvalue weighted by Gasteiger charge is 2.39. The number of amides is 2. The summed E-state index contributed by atoms with van der Waals surface area (Å²) >= 11 is 0. The Morgan fingerprint density at radius 3 is 2.53 bits per heavy atom. The fourth-order valence-electron chi connectivity index (χ4n) is 2.11. The maximum atomic E-state index is 12.1. The highest BCUT2D eigenvalue weighted by atomic mass is 16.2. The largest absolute Gasteiger partial charge is 0.337 e. The van der Waals surface area contributed by atoms with Crippen molar-refractivity contribution in [2.75, 3.05) is 11.9 Å². The van der Waals surface area contributed by atoms with Crippen molar-refractivity contribution in [1.82, 2.24) is 14.9 Å². The van der Waals surface area contributed by atoms with Gasteiger partial charge in [-0.2, -0.15) is 0 Å². The van der Waals surface area contributed by atoms with Crippen molar-refractivity contribution in [3.8, 4) is 0 Å². The maximum Gasteiger partial charge on any atom is 0.232 e. The van der Waals surface area contributed by atoms with Gasteiger partial charge in [0.25, 0.3) is 0 Å². The predicted octanol–water partition coefficient (Wildman–Crippen LogP) is 1.06. The van der Waals surface area contributed by atoms with Gasteiger partial charge in [0.1, 0.15) is 0 Å². The fourth-order valence-corrected chi connectivity index (χ4v) is 2.11. The average Bonchev–Trinajstić information content (AvgIpc) is 2.72. The van der Waals surface area contributed by atoms with Gasteiger partial charge in [-0.1, -0.05) is 0 Å². The molecule has 1 fully saturated rings. The van der Waals surface area contributed by atoms with Crippen LogP contribution in [0.5, 0.6) is 0 Å². The number of nitrogens with zero attached hydrogens (tertiary/aromatic N) is 3. The van der Waals surface area contributed by atoms with E-state index >= 15 is 0 Å². The van der Waals surface area contributed by atoms with E-state index in [2.05, 4.69) is 15.3 Å². The molecule has 0 radical (unpaired) electrons. The summed E-state index contributed by atoms with van der Waals surface area (Å²) < 4.78 is 0. The molecule has 0 saturated carbocycles. The molecule has 0 aliphatic carbocycles. The molecule has 6 heteroatoms. The molecule has 1 atom stereocenters. The molecule has 1 saturated heterocycles. The zero-order valence-electron chi connectivity index (χ0n) is 11.4. The van der Waals surface area contributed by atoms with Crippen molar-refractivity contribution >= 4 is 17.8 Å². The summed E-state index contributed by atoms with van der Waals surface area (Å²) in [6.07, 6.45) is 3.36. The Labute approximate surface area is 112 Å². The summed E-state index contributed by atoms with van der Waals surface area (Å²) in [5.41, 5.74) is -0.255. The number of likely N-dealkylation sites (tertiary alicyclic amines) is 1. The highest BCUT2D eigenvalue weighted by molar-refractivity contribution is 5.96. The van der Waals surface area contributed by atoms with Crippen LogP contribution in [0, 0.1) is 5.92 Å². The van der Waals surface area contributed by atoms with Gasteiger partial charge in [-0.3, -0.25) is 14.9 Å². The van der Waals surface area contributed by atoms with Crippen LogP contribution in [-0.2, 0) is 9.59 Å². The van der Waals surface area contributed by atoms with E-state index in [1.807, 2.05) is 20.8 Å². The van der Waals surface area contributed by atoms with Crippen LogP contribution < -0.4 is 5.32 Å². The Bertz CT molecular complexity index is 481. The van der Waals surface area contributed by atoms with Gasteiger partial charge in [-0.15, -0.1) is 0 Å². The number of nitrogens with one attached hydrogen (secondary N) is 1. The normalized spacial score (nSPS) is 19.6. The van der Waals surface area contributed by atoms with Crippen LogP contribution in [0.4, 0.5) is 5.95 Å². The zero-order chi connectivity index (χ0) is 14.0. The monoisotopic (exact) mass is 262 g/mol. The van der Waals surface area contributed by atoms with E-state index in [0.29, 0.717) is 6.54 Å². The third-order valence-corrected chi connectivity index (χ3v) is 3.11. The third kappa shape index (κ3) is 3.07. The standard InChI is InChI=1S/C13H18N4O2/c1-13(2,3)17-8-9(7-10(17)18)11(19)16-12-14-5-4-6-15-12/h4-6,9H,7-8H2,1-3H3,(H,14,15,16,19)/t9-/m1/s1. The van der Waals surface area contributed by atoms with Gasteiger partial charge >= 0.3 is 0 Å². The van der Waals surface area contributed by atoms with Crippen LogP contribution in [0.15, 0.2) is 18.5 Å². The van der Waals surface area contributed by atoms with Crippen LogP contribution in [0.25, 0.3) is 0 Å². The second-order valence-electron chi connectivity index (χ2n) is 5.64. The highest BCUT2D eigenvalue weighted by Crippen LogP contribution is 2.26. The second-order valence-corrected chi connectivity index (χ2v) is 5.64. The molecule has 1 aromatic rings. The van der Waals surface area contributed by atoms with Gasteiger partial charge in [0.2, 0.25) is 17.8 Å². The molecule has 2 rings (SSSR count). The Balaban J connectivity index is 2.01. The lowest BCUT2D eigenvalue weighted by Crippen LogP contribution is -2.42. The molecule has 2 heterocycles. The number of carbonyl (C=O) groups excluding carboxylic acids is 2. The Hall–Kier alpha value is -1.98. The van der Waals surface area contributed by atoms with Crippen LogP contribution >= 0.6 is 0 Å². The van der Waals surface area contributed by atoms with E-state index in [1.54, 1.807) is 23.4 Å². The van der Waals surface area contributed by atoms with Crippen molar-refractivity contribution in [3.63, 3.8) is 0 Å². The number of hydrogen-bond donors (Lipinski definition) is 1. The molecule has 1 N–H and O–H groups in total. The summed E-state index contributed by atoms with van der Waals surface area (Å²) in [5, 5.41) is 2.64. The first-order valence-corrected chi connectivity index (χ1v) is 6.26. The van der Waals surface area contributed by atoms with Gasteiger partial charge in [0.05, 0.1) is 5.92 Å². The first-order valence-electron chi connectivity index (χ1n) is 6.26. The lowest BCUT2D eigenvalue weighted by molar-refractivity contribution is -0.131. The molecule has 0 aromatic carbocycles. The number of hydrogen-bond acceptors (Lipinski definition) is 4. The van der Waals surface area contributed by atoms with Crippen LogP contribution in [0.3, 0.4) is 0 Å². The smallest absolute Gasteiger partial charge is 0.232 e. The van der Waals surface area contributed by atoms with E-state index < -0.39 is 0 Å². The summed E-state index contributed by atoms with van der Waals surface area (Å²) in [5.74, 6) is -0.252. The van der Waals surface area contributed by atoms with Gasteiger partial charge in [-0.25, -0.2) is 9.97 Å². The van der Waals surface area contributed by atoms with E-state index in [-0.39, 0.29) is 35.6 Å². The minimum atomic E-state index is -0.337. The van der Waals surface area contributed by atoms with Crippen molar-refractivity contribution < 1.29 is 9.59 Å². The lowest BCUT2D eigenvalue weighted by atomic mass is 10.1. The third-order valence-electron chi connectivity index (χ3n) is 3.11. The minimum Gasteiger partial charge on any atom is -0.337 e. The minimum absolute atomic E-state index is 0.0154. The number of aromatic nitrogens is 2. The molecule has 1 aliphatic rings. The molecule has 1 aromatic heterocycles. The first kappa shape index (κ1) is 13.5. The Kier molecular flexibility index (Phi) is 3.50. The number of carbonyl (C=O) groups is 2. The Morgan fingerprint density at radius 2 is 2.00 bits per heavy atom. The maximum absolute atomic E-state index is 12.1.